The monoisotopic (exact) mass is 345 g/mol. The SMILES string of the molecule is c1ccc2c(CCNc3ncnc4c3sc3ncccc34)c[nH]c2c1. The van der Waals surface area contributed by atoms with E-state index >= 15 is 0 Å². The molecule has 4 heterocycles. The van der Waals surface area contributed by atoms with E-state index in [0.717, 1.165) is 39.2 Å². The summed E-state index contributed by atoms with van der Waals surface area (Å²) in [7, 11) is 0. The number of H-pyrrole nitrogens is 1. The number of aromatic amines is 1. The fourth-order valence-corrected chi connectivity index (χ4v) is 4.25. The third-order valence-electron chi connectivity index (χ3n) is 4.39. The molecule has 0 atom stereocenters. The van der Waals surface area contributed by atoms with Gasteiger partial charge >= 0.3 is 0 Å². The first kappa shape index (κ1) is 14.4. The number of para-hydroxylation sites is 1. The Hall–Kier alpha value is -2.99. The number of aromatic nitrogens is 4. The van der Waals surface area contributed by atoms with Gasteiger partial charge in [0, 0.05) is 35.2 Å². The van der Waals surface area contributed by atoms with Crippen molar-refractivity contribution in [2.24, 2.45) is 0 Å². The van der Waals surface area contributed by atoms with Gasteiger partial charge in [-0.05, 0) is 30.2 Å². The Balaban J connectivity index is 1.42. The molecule has 5 aromatic rings. The van der Waals surface area contributed by atoms with Gasteiger partial charge in [-0.25, -0.2) is 15.0 Å². The number of nitrogens with one attached hydrogen (secondary N) is 2. The number of thiophene rings is 1. The van der Waals surface area contributed by atoms with Crippen LogP contribution in [0.15, 0.2) is 55.1 Å². The minimum absolute atomic E-state index is 0.815. The number of pyridine rings is 1. The number of rotatable bonds is 4. The van der Waals surface area contributed by atoms with Crippen molar-refractivity contribution in [3.05, 3.63) is 60.7 Å². The standard InChI is InChI=1S/C19H15N5S/c1-2-6-15-13(4-1)12(10-22-15)7-9-20-18-17-16(23-11-24-18)14-5-3-8-21-19(14)25-17/h1-6,8,10-11,22H,7,9H2,(H,20,23,24). The average Bonchev–Trinajstić information content (AvgIpc) is 3.24. The fourth-order valence-electron chi connectivity index (χ4n) is 3.19. The largest absolute Gasteiger partial charge is 0.368 e. The number of benzene rings is 1. The maximum absolute atomic E-state index is 4.44. The molecule has 4 aromatic heterocycles. The normalized spacial score (nSPS) is 11.5. The zero-order valence-electron chi connectivity index (χ0n) is 13.4. The van der Waals surface area contributed by atoms with E-state index in [1.807, 2.05) is 18.3 Å². The highest BCUT2D eigenvalue weighted by Gasteiger charge is 2.11. The molecule has 0 saturated carbocycles. The molecule has 5 rings (SSSR count). The highest BCUT2D eigenvalue weighted by atomic mass is 32.1. The van der Waals surface area contributed by atoms with E-state index in [9.17, 15) is 0 Å². The van der Waals surface area contributed by atoms with Gasteiger partial charge in [0.25, 0.3) is 0 Å². The first-order valence-electron chi connectivity index (χ1n) is 8.17. The molecule has 0 radical (unpaired) electrons. The van der Waals surface area contributed by atoms with Crippen LogP contribution in [0.4, 0.5) is 5.82 Å². The second-order valence-electron chi connectivity index (χ2n) is 5.89. The van der Waals surface area contributed by atoms with Crippen molar-refractivity contribution in [1.29, 1.82) is 0 Å². The lowest BCUT2D eigenvalue weighted by atomic mass is 10.1. The molecular formula is C19H15N5S. The Labute approximate surface area is 147 Å². The molecule has 25 heavy (non-hydrogen) atoms. The van der Waals surface area contributed by atoms with Gasteiger partial charge in [-0.15, -0.1) is 11.3 Å². The quantitative estimate of drug-likeness (QED) is 0.507. The Morgan fingerprint density at radius 3 is 2.92 bits per heavy atom. The van der Waals surface area contributed by atoms with Gasteiger partial charge in [0.05, 0.1) is 10.2 Å². The number of hydrogen-bond acceptors (Lipinski definition) is 5. The minimum Gasteiger partial charge on any atom is -0.368 e. The third kappa shape index (κ3) is 2.42. The van der Waals surface area contributed by atoms with E-state index in [1.54, 1.807) is 17.7 Å². The van der Waals surface area contributed by atoms with Crippen LogP contribution >= 0.6 is 11.3 Å². The predicted octanol–water partition coefficient (Wildman–Crippen LogP) is 4.38. The van der Waals surface area contributed by atoms with E-state index in [1.165, 1.54) is 16.5 Å². The van der Waals surface area contributed by atoms with Crippen LogP contribution in [0.25, 0.3) is 31.3 Å². The molecule has 0 spiro atoms. The summed E-state index contributed by atoms with van der Waals surface area (Å²) in [4.78, 5) is 17.6. The Morgan fingerprint density at radius 2 is 1.92 bits per heavy atom. The van der Waals surface area contributed by atoms with Gasteiger partial charge in [-0.3, -0.25) is 0 Å². The van der Waals surface area contributed by atoms with Crippen molar-refractivity contribution < 1.29 is 0 Å². The molecule has 6 heteroatoms. The summed E-state index contributed by atoms with van der Waals surface area (Å²) in [6, 6.07) is 12.4. The summed E-state index contributed by atoms with van der Waals surface area (Å²) in [5.41, 5.74) is 3.46. The summed E-state index contributed by atoms with van der Waals surface area (Å²) in [6.45, 7) is 0.815. The van der Waals surface area contributed by atoms with Gasteiger partial charge in [-0.1, -0.05) is 18.2 Å². The van der Waals surface area contributed by atoms with Crippen molar-refractivity contribution in [2.75, 3.05) is 11.9 Å². The van der Waals surface area contributed by atoms with E-state index in [2.05, 4.69) is 55.7 Å². The number of anilines is 1. The second kappa shape index (κ2) is 5.82. The second-order valence-corrected chi connectivity index (χ2v) is 6.89. The van der Waals surface area contributed by atoms with Crippen molar-refractivity contribution >= 4 is 48.5 Å². The topological polar surface area (TPSA) is 66.5 Å². The lowest BCUT2D eigenvalue weighted by Gasteiger charge is -2.05. The van der Waals surface area contributed by atoms with Crippen LogP contribution in [0, 0.1) is 0 Å². The first-order chi connectivity index (χ1) is 12.4. The van der Waals surface area contributed by atoms with E-state index in [-0.39, 0.29) is 0 Å². The van der Waals surface area contributed by atoms with Crippen LogP contribution in [-0.4, -0.2) is 26.5 Å². The number of fused-ring (bicyclic) bond motifs is 4. The van der Waals surface area contributed by atoms with Crippen molar-refractivity contribution in [1.82, 2.24) is 19.9 Å². The van der Waals surface area contributed by atoms with Crippen molar-refractivity contribution in [2.45, 2.75) is 6.42 Å². The van der Waals surface area contributed by atoms with Gasteiger partial charge in [0.2, 0.25) is 0 Å². The smallest absolute Gasteiger partial charge is 0.147 e. The van der Waals surface area contributed by atoms with Crippen LogP contribution < -0.4 is 5.32 Å². The van der Waals surface area contributed by atoms with E-state index < -0.39 is 0 Å². The van der Waals surface area contributed by atoms with Crippen LogP contribution in [-0.2, 0) is 6.42 Å². The molecule has 5 nitrogen and oxygen atoms in total. The molecule has 0 aliphatic rings. The molecule has 0 aliphatic carbocycles. The Bertz CT molecular complexity index is 1190. The molecule has 122 valence electrons. The molecular weight excluding hydrogens is 330 g/mol. The fraction of sp³-hybridized carbons (Fsp3) is 0.105. The molecule has 2 N–H and O–H groups in total. The maximum Gasteiger partial charge on any atom is 0.147 e. The van der Waals surface area contributed by atoms with Gasteiger partial charge in [0.1, 0.15) is 17.0 Å². The minimum atomic E-state index is 0.815. The molecule has 0 bridgehead atoms. The first-order valence-corrected chi connectivity index (χ1v) is 8.99. The third-order valence-corrected chi connectivity index (χ3v) is 5.50. The Kier molecular flexibility index (Phi) is 3.34. The zero-order valence-corrected chi connectivity index (χ0v) is 14.2. The number of nitrogens with zero attached hydrogens (tertiary/aromatic N) is 3. The molecule has 0 saturated heterocycles. The van der Waals surface area contributed by atoms with Gasteiger partial charge < -0.3 is 10.3 Å². The molecule has 0 aliphatic heterocycles. The molecule has 0 fully saturated rings. The molecule has 0 amide bonds. The van der Waals surface area contributed by atoms with Crippen molar-refractivity contribution in [3.63, 3.8) is 0 Å². The molecule has 0 unspecified atom stereocenters. The summed E-state index contributed by atoms with van der Waals surface area (Å²) >= 11 is 1.63. The lowest BCUT2D eigenvalue weighted by molar-refractivity contribution is 1.02. The highest BCUT2D eigenvalue weighted by molar-refractivity contribution is 7.25. The summed E-state index contributed by atoms with van der Waals surface area (Å²) in [6.07, 6.45) is 6.45. The van der Waals surface area contributed by atoms with Gasteiger partial charge in [0.15, 0.2) is 0 Å². The van der Waals surface area contributed by atoms with Crippen LogP contribution in [0.1, 0.15) is 5.56 Å². The van der Waals surface area contributed by atoms with Gasteiger partial charge in [-0.2, -0.15) is 0 Å². The zero-order chi connectivity index (χ0) is 16.6. The predicted molar refractivity (Wildman–Crippen MR) is 103 cm³/mol. The summed E-state index contributed by atoms with van der Waals surface area (Å²) < 4.78 is 1.06. The van der Waals surface area contributed by atoms with Crippen LogP contribution in [0.3, 0.4) is 0 Å². The average molecular weight is 345 g/mol. The maximum atomic E-state index is 4.44. The van der Waals surface area contributed by atoms with E-state index in [0.29, 0.717) is 0 Å². The molecule has 1 aromatic carbocycles. The van der Waals surface area contributed by atoms with Crippen LogP contribution in [0.5, 0.6) is 0 Å². The summed E-state index contributed by atoms with van der Waals surface area (Å²) in [5, 5.41) is 5.84. The Morgan fingerprint density at radius 1 is 1.00 bits per heavy atom. The lowest BCUT2D eigenvalue weighted by Crippen LogP contribution is -2.06. The number of hydrogen-bond donors (Lipinski definition) is 2. The van der Waals surface area contributed by atoms with Crippen LogP contribution in [0.2, 0.25) is 0 Å². The van der Waals surface area contributed by atoms with E-state index in [4.69, 9.17) is 0 Å². The highest BCUT2D eigenvalue weighted by Crippen LogP contribution is 2.34. The summed E-state index contributed by atoms with van der Waals surface area (Å²) in [5.74, 6) is 0.882. The van der Waals surface area contributed by atoms with Crippen molar-refractivity contribution in [3.8, 4) is 0 Å².